The third-order valence-corrected chi connectivity index (χ3v) is 9.56. The van der Waals surface area contributed by atoms with Gasteiger partial charge in [0.2, 0.25) is 0 Å². The van der Waals surface area contributed by atoms with Crippen LogP contribution in [0.3, 0.4) is 0 Å². The molecule has 1 heteroatoms. The van der Waals surface area contributed by atoms with Gasteiger partial charge in [0.05, 0.1) is 12.2 Å². The van der Waals surface area contributed by atoms with Crippen molar-refractivity contribution in [2.75, 3.05) is 0 Å². The summed E-state index contributed by atoms with van der Waals surface area (Å²) in [5, 5.41) is 0. The van der Waals surface area contributed by atoms with E-state index in [1.165, 1.54) is 180 Å². The van der Waals surface area contributed by atoms with Crippen LogP contribution in [0.25, 0.3) is 0 Å². The van der Waals surface area contributed by atoms with Crippen LogP contribution in [0.5, 0.6) is 0 Å². The van der Waals surface area contributed by atoms with Crippen molar-refractivity contribution < 1.29 is 4.74 Å². The van der Waals surface area contributed by atoms with Crippen LogP contribution in [0.15, 0.2) is 0 Å². The van der Waals surface area contributed by atoms with Gasteiger partial charge in [-0.25, -0.2) is 0 Å². The highest BCUT2D eigenvalue weighted by Gasteiger charge is 2.19. The molecule has 236 valence electrons. The van der Waals surface area contributed by atoms with Gasteiger partial charge in [-0.2, -0.15) is 0 Å². The first kappa shape index (κ1) is 39.0. The van der Waals surface area contributed by atoms with Crippen molar-refractivity contribution in [3.05, 3.63) is 0 Å². The van der Waals surface area contributed by atoms with Crippen LogP contribution < -0.4 is 0 Å². The maximum Gasteiger partial charge on any atom is 0.0576 e. The van der Waals surface area contributed by atoms with Crippen LogP contribution in [0.1, 0.15) is 221 Å². The Morgan fingerprint density at radius 2 is 0.513 bits per heavy atom. The molecule has 0 aromatic carbocycles. The summed E-state index contributed by atoms with van der Waals surface area (Å²) in [6.45, 7) is 14.1. The maximum absolute atomic E-state index is 6.50. The third kappa shape index (κ3) is 27.9. The van der Waals surface area contributed by atoms with E-state index in [2.05, 4.69) is 41.5 Å². The fourth-order valence-electron chi connectivity index (χ4n) is 6.04. The molecule has 0 rings (SSSR count). The van der Waals surface area contributed by atoms with E-state index in [-0.39, 0.29) is 0 Å². The van der Waals surface area contributed by atoms with Crippen molar-refractivity contribution in [1.82, 2.24) is 0 Å². The summed E-state index contributed by atoms with van der Waals surface area (Å²) in [4.78, 5) is 0. The summed E-state index contributed by atoms with van der Waals surface area (Å²) < 4.78 is 6.50. The maximum atomic E-state index is 6.50. The molecule has 0 saturated heterocycles. The fourth-order valence-corrected chi connectivity index (χ4v) is 6.04. The first-order valence-electron chi connectivity index (χ1n) is 18.7. The van der Waals surface area contributed by atoms with Crippen LogP contribution >= 0.6 is 0 Å². The summed E-state index contributed by atoms with van der Waals surface area (Å²) in [5.74, 6) is 1.37. The summed E-state index contributed by atoms with van der Waals surface area (Å²) in [6.07, 6.45) is 40.9. The van der Waals surface area contributed by atoms with Crippen molar-refractivity contribution in [2.45, 2.75) is 234 Å². The Kier molecular flexibility index (Phi) is 30.9. The molecule has 4 unspecified atom stereocenters. The summed E-state index contributed by atoms with van der Waals surface area (Å²) in [7, 11) is 0. The first-order valence-corrected chi connectivity index (χ1v) is 18.7. The van der Waals surface area contributed by atoms with Crippen molar-refractivity contribution in [3.63, 3.8) is 0 Å². The highest BCUT2D eigenvalue weighted by Crippen LogP contribution is 2.23. The Labute approximate surface area is 249 Å². The molecule has 0 bridgehead atoms. The second-order valence-corrected chi connectivity index (χ2v) is 13.6. The molecule has 0 spiro atoms. The van der Waals surface area contributed by atoms with E-state index >= 15 is 0 Å². The number of ether oxygens (including phenoxy) is 1. The molecule has 0 radical (unpaired) electrons. The highest BCUT2D eigenvalue weighted by molar-refractivity contribution is 4.68. The molecule has 0 N–H and O–H groups in total. The van der Waals surface area contributed by atoms with Gasteiger partial charge in [0, 0.05) is 0 Å². The average Bonchev–Trinajstić information content (AvgIpc) is 2.93. The third-order valence-electron chi connectivity index (χ3n) is 9.56. The molecule has 4 atom stereocenters. The molecule has 0 saturated carbocycles. The second-order valence-electron chi connectivity index (χ2n) is 13.6. The fraction of sp³-hybridized carbons (Fsp3) is 1.00. The van der Waals surface area contributed by atoms with Crippen LogP contribution in [-0.2, 0) is 4.74 Å². The predicted octanol–water partition coefficient (Wildman–Crippen LogP) is 14.0. The monoisotopic (exact) mass is 551 g/mol. The molecule has 0 fully saturated rings. The first-order chi connectivity index (χ1) is 19.0. The minimum absolute atomic E-state index is 0.395. The van der Waals surface area contributed by atoms with Gasteiger partial charge in [-0.15, -0.1) is 0 Å². The van der Waals surface area contributed by atoms with Crippen LogP contribution in [-0.4, -0.2) is 12.2 Å². The Morgan fingerprint density at radius 1 is 0.308 bits per heavy atom. The molecule has 39 heavy (non-hydrogen) atoms. The van der Waals surface area contributed by atoms with Crippen molar-refractivity contribution in [1.29, 1.82) is 0 Å². The normalized spacial score (nSPS) is 14.9. The molecule has 0 aliphatic carbocycles. The zero-order valence-corrected chi connectivity index (χ0v) is 28.5. The zero-order valence-electron chi connectivity index (χ0n) is 28.5. The Bertz CT molecular complexity index is 406. The van der Waals surface area contributed by atoms with E-state index in [4.69, 9.17) is 4.74 Å². The van der Waals surface area contributed by atoms with Crippen molar-refractivity contribution in [2.24, 2.45) is 11.8 Å². The lowest BCUT2D eigenvalue weighted by atomic mass is 9.95. The molecule has 0 aliphatic heterocycles. The van der Waals surface area contributed by atoms with Gasteiger partial charge in [-0.3, -0.25) is 0 Å². The second kappa shape index (κ2) is 30.9. The van der Waals surface area contributed by atoms with E-state index in [1.54, 1.807) is 0 Å². The molecule has 0 aromatic rings. The number of rotatable bonds is 32. The average molecular weight is 551 g/mol. The molecule has 0 amide bonds. The minimum Gasteiger partial charge on any atom is -0.375 e. The van der Waals surface area contributed by atoms with E-state index < -0.39 is 0 Å². The predicted molar refractivity (Wildman–Crippen MR) is 179 cm³/mol. The summed E-state index contributed by atoms with van der Waals surface area (Å²) in [5.41, 5.74) is 0. The smallest absolute Gasteiger partial charge is 0.0576 e. The minimum atomic E-state index is 0.395. The topological polar surface area (TPSA) is 9.23 Å². The molecule has 0 heterocycles. The highest BCUT2D eigenvalue weighted by atomic mass is 16.5. The number of unbranched alkanes of at least 4 members (excludes halogenated alkanes) is 24. The van der Waals surface area contributed by atoms with Gasteiger partial charge in [-0.05, 0) is 38.5 Å². The molecule has 0 aromatic heterocycles. The van der Waals surface area contributed by atoms with Crippen molar-refractivity contribution in [3.8, 4) is 0 Å². The Hall–Kier alpha value is -0.0400. The number of hydrogen-bond acceptors (Lipinski definition) is 1. The lowest BCUT2D eigenvalue weighted by Crippen LogP contribution is -2.27. The van der Waals surface area contributed by atoms with Gasteiger partial charge < -0.3 is 4.74 Å². The molecule has 1 nitrogen and oxygen atoms in total. The largest absolute Gasteiger partial charge is 0.375 e. The van der Waals surface area contributed by atoms with Gasteiger partial charge in [0.15, 0.2) is 0 Å². The van der Waals surface area contributed by atoms with Gasteiger partial charge in [-0.1, -0.05) is 195 Å². The van der Waals surface area contributed by atoms with Crippen molar-refractivity contribution >= 4 is 0 Å². The van der Waals surface area contributed by atoms with Gasteiger partial charge in [0.25, 0.3) is 0 Å². The van der Waals surface area contributed by atoms with E-state index in [0.29, 0.717) is 24.0 Å². The van der Waals surface area contributed by atoms with Crippen LogP contribution in [0.4, 0.5) is 0 Å². The zero-order chi connectivity index (χ0) is 28.8. The van der Waals surface area contributed by atoms with Gasteiger partial charge in [0.1, 0.15) is 0 Å². The van der Waals surface area contributed by atoms with Gasteiger partial charge >= 0.3 is 0 Å². The molecular formula is C38H78O. The Morgan fingerprint density at radius 3 is 0.744 bits per heavy atom. The summed E-state index contributed by atoms with van der Waals surface area (Å²) >= 11 is 0. The molecular weight excluding hydrogens is 472 g/mol. The lowest BCUT2D eigenvalue weighted by Gasteiger charge is -2.28. The lowest BCUT2D eigenvalue weighted by molar-refractivity contribution is -0.0473. The SMILES string of the molecule is CCCCCCCCCCCCCCCC(C)C(C)OC(C)C(C)CCCCCCCCCCCCCCC. The van der Waals surface area contributed by atoms with Crippen LogP contribution in [0.2, 0.25) is 0 Å². The van der Waals surface area contributed by atoms with E-state index in [9.17, 15) is 0 Å². The Balaban J connectivity index is 3.54. The standard InChI is InChI=1S/C38H78O/c1-7-9-11-13-15-17-19-21-23-25-27-29-31-33-35(3)37(5)39-38(6)36(4)34-32-30-28-26-24-22-20-18-16-14-12-10-8-2/h35-38H,7-34H2,1-6H3. The molecule has 0 aliphatic rings. The summed E-state index contributed by atoms with van der Waals surface area (Å²) in [6, 6.07) is 0. The quantitative estimate of drug-likeness (QED) is 0.0757. The van der Waals surface area contributed by atoms with Crippen LogP contribution in [0, 0.1) is 11.8 Å². The number of hydrogen-bond donors (Lipinski definition) is 0. The van der Waals surface area contributed by atoms with E-state index in [0.717, 1.165) is 0 Å². The van der Waals surface area contributed by atoms with E-state index in [1.807, 2.05) is 0 Å².